The molecule has 2 rings (SSSR count). The normalized spacial score (nSPS) is 11.4. The highest BCUT2D eigenvalue weighted by Crippen LogP contribution is 2.40. The summed E-state index contributed by atoms with van der Waals surface area (Å²) in [5, 5.41) is 0. The topological polar surface area (TPSA) is 54.0 Å². The highest BCUT2D eigenvalue weighted by atomic mass is 127. The molecule has 0 saturated heterocycles. The summed E-state index contributed by atoms with van der Waals surface area (Å²) in [6.45, 7) is 8.96. The molecular formula is C68H119IO5. The van der Waals surface area contributed by atoms with Crippen LogP contribution < -0.4 is 14.2 Å². The second-order valence-corrected chi connectivity index (χ2v) is 23.7. The lowest BCUT2D eigenvalue weighted by molar-refractivity contribution is 0.0471. The first-order valence-electron chi connectivity index (χ1n) is 32.6. The quantitative estimate of drug-likeness (QED) is 0.0375. The van der Waals surface area contributed by atoms with E-state index >= 15 is 0 Å². The maximum absolute atomic E-state index is 13.1. The molecule has 0 aliphatic rings. The average Bonchev–Trinajstić information content (AvgIpc) is 3.41. The molecule has 0 saturated carbocycles. The van der Waals surface area contributed by atoms with Crippen molar-refractivity contribution < 1.29 is 23.7 Å². The van der Waals surface area contributed by atoms with Crippen LogP contribution in [-0.2, 0) is 11.3 Å². The third-order valence-corrected chi connectivity index (χ3v) is 16.0. The Balaban J connectivity index is 1.90. The van der Waals surface area contributed by atoms with Crippen LogP contribution in [0.4, 0.5) is 0 Å². The third kappa shape index (κ3) is 41.2. The predicted octanol–water partition coefficient (Wildman–Crippen LogP) is 23.6. The molecule has 74 heavy (non-hydrogen) atoms. The number of rotatable bonds is 57. The third-order valence-electron chi connectivity index (χ3n) is 15.3. The van der Waals surface area contributed by atoms with Crippen LogP contribution >= 0.6 is 22.6 Å². The Kier molecular flexibility index (Phi) is 48.9. The molecule has 0 atom stereocenters. The summed E-state index contributed by atoms with van der Waals surface area (Å²) in [4.78, 5) is 13.1. The van der Waals surface area contributed by atoms with Gasteiger partial charge in [-0.3, -0.25) is 0 Å². The predicted molar refractivity (Wildman–Crippen MR) is 330 cm³/mol. The summed E-state index contributed by atoms with van der Waals surface area (Å²) in [5.74, 6) is 1.82. The van der Waals surface area contributed by atoms with Crippen LogP contribution in [-0.4, -0.2) is 25.8 Å². The van der Waals surface area contributed by atoms with Gasteiger partial charge in [-0.15, -0.1) is 0 Å². The summed E-state index contributed by atoms with van der Waals surface area (Å²) in [7, 11) is 0. The molecule has 0 bridgehead atoms. The molecule has 0 unspecified atom stereocenters. The van der Waals surface area contributed by atoms with Gasteiger partial charge in [0.1, 0.15) is 6.61 Å². The van der Waals surface area contributed by atoms with Crippen molar-refractivity contribution in [2.45, 2.75) is 336 Å². The molecule has 0 radical (unpaired) electrons. The van der Waals surface area contributed by atoms with E-state index < -0.39 is 0 Å². The Morgan fingerprint density at radius 2 is 0.581 bits per heavy atom. The number of benzene rings is 2. The zero-order chi connectivity index (χ0) is 52.9. The number of carbonyl (C=O) groups excluding carboxylic acids is 1. The lowest BCUT2D eigenvalue weighted by atomic mass is 10.0. The molecule has 6 heteroatoms. The summed E-state index contributed by atoms with van der Waals surface area (Å²) < 4.78 is 26.9. The van der Waals surface area contributed by atoms with Crippen molar-refractivity contribution in [1.82, 2.24) is 0 Å². The maximum atomic E-state index is 13.1. The number of ether oxygens (including phenoxy) is 4. The Labute approximate surface area is 473 Å². The largest absolute Gasteiger partial charge is 0.490 e. The molecule has 2 aromatic rings. The van der Waals surface area contributed by atoms with Crippen molar-refractivity contribution in [1.29, 1.82) is 0 Å². The minimum Gasteiger partial charge on any atom is -0.490 e. The van der Waals surface area contributed by atoms with Crippen LogP contribution in [0.2, 0.25) is 0 Å². The van der Waals surface area contributed by atoms with E-state index in [1.165, 1.54) is 289 Å². The van der Waals surface area contributed by atoms with Gasteiger partial charge in [-0.2, -0.15) is 0 Å². The molecule has 0 heterocycles. The van der Waals surface area contributed by atoms with Gasteiger partial charge in [0.25, 0.3) is 0 Å². The molecular weight excluding hydrogens is 1020 g/mol. The minimum atomic E-state index is -0.323. The van der Waals surface area contributed by atoms with Crippen molar-refractivity contribution in [3.05, 3.63) is 51.1 Å². The summed E-state index contributed by atoms with van der Waals surface area (Å²) in [6.07, 6.45) is 64.7. The van der Waals surface area contributed by atoms with Gasteiger partial charge < -0.3 is 18.9 Å². The van der Waals surface area contributed by atoms with Crippen LogP contribution in [0.25, 0.3) is 0 Å². The van der Waals surface area contributed by atoms with E-state index in [-0.39, 0.29) is 12.6 Å². The molecule has 2 aromatic carbocycles. The van der Waals surface area contributed by atoms with Gasteiger partial charge >= 0.3 is 5.97 Å². The van der Waals surface area contributed by atoms with E-state index in [0.29, 0.717) is 42.6 Å². The highest BCUT2D eigenvalue weighted by molar-refractivity contribution is 14.1. The van der Waals surface area contributed by atoms with Gasteiger partial charge in [-0.25, -0.2) is 4.79 Å². The number of carbonyl (C=O) groups is 1. The van der Waals surface area contributed by atoms with Crippen molar-refractivity contribution in [2.75, 3.05) is 19.8 Å². The van der Waals surface area contributed by atoms with Crippen LogP contribution in [0.3, 0.4) is 0 Å². The molecule has 428 valence electrons. The zero-order valence-electron chi connectivity index (χ0n) is 49.2. The van der Waals surface area contributed by atoms with Gasteiger partial charge in [0.2, 0.25) is 5.75 Å². The lowest BCUT2D eigenvalue weighted by Gasteiger charge is -2.19. The Morgan fingerprint density at radius 3 is 0.851 bits per heavy atom. The fraction of sp³-hybridized carbons (Fsp3) is 0.809. The highest BCUT2D eigenvalue weighted by Gasteiger charge is 2.18. The van der Waals surface area contributed by atoms with E-state index in [2.05, 4.69) is 43.4 Å². The van der Waals surface area contributed by atoms with E-state index in [4.69, 9.17) is 18.9 Å². The fourth-order valence-corrected chi connectivity index (χ4v) is 10.7. The second-order valence-electron chi connectivity index (χ2n) is 22.5. The van der Waals surface area contributed by atoms with Crippen LogP contribution in [0.5, 0.6) is 17.2 Å². The number of esters is 1. The summed E-state index contributed by atoms with van der Waals surface area (Å²) in [5.41, 5.74) is 1.42. The molecule has 0 fully saturated rings. The summed E-state index contributed by atoms with van der Waals surface area (Å²) >= 11 is 2.26. The maximum Gasteiger partial charge on any atom is 0.338 e. The first-order valence-corrected chi connectivity index (χ1v) is 33.6. The average molecular weight is 1140 g/mol. The van der Waals surface area contributed by atoms with Crippen molar-refractivity contribution in [3.8, 4) is 17.2 Å². The van der Waals surface area contributed by atoms with Crippen molar-refractivity contribution in [3.63, 3.8) is 0 Å². The van der Waals surface area contributed by atoms with E-state index in [1.807, 2.05) is 36.4 Å². The first kappa shape index (κ1) is 68.1. The van der Waals surface area contributed by atoms with E-state index in [0.717, 1.165) is 28.4 Å². The number of hydrogen-bond acceptors (Lipinski definition) is 5. The number of unbranched alkanes of at least 4 members (excludes halogenated alkanes) is 45. The fourth-order valence-electron chi connectivity index (χ4n) is 10.4. The SMILES string of the molecule is CCCCCCCCCCCCCCCCCCOc1cc(COC(=O)c2ccc(I)cc2)cc(OCCCCCCCCCCCCCCCCCC)c1OCCCCCCCCCCCCCCCCCC. The van der Waals surface area contributed by atoms with Crippen molar-refractivity contribution in [2.24, 2.45) is 0 Å². The van der Waals surface area contributed by atoms with Crippen LogP contribution in [0, 0.1) is 3.57 Å². The van der Waals surface area contributed by atoms with Gasteiger partial charge in [0.05, 0.1) is 25.4 Å². The molecule has 5 nitrogen and oxygen atoms in total. The number of hydrogen-bond donors (Lipinski definition) is 0. The van der Waals surface area contributed by atoms with E-state index in [1.54, 1.807) is 0 Å². The van der Waals surface area contributed by atoms with Gasteiger partial charge in [-0.1, -0.05) is 310 Å². The van der Waals surface area contributed by atoms with E-state index in [9.17, 15) is 4.79 Å². The van der Waals surface area contributed by atoms with Gasteiger partial charge in [-0.05, 0) is 83.8 Å². The monoisotopic (exact) mass is 1140 g/mol. The lowest BCUT2D eigenvalue weighted by Crippen LogP contribution is -2.09. The van der Waals surface area contributed by atoms with Crippen LogP contribution in [0.15, 0.2) is 36.4 Å². The van der Waals surface area contributed by atoms with Crippen molar-refractivity contribution >= 4 is 28.6 Å². The molecule has 0 aliphatic carbocycles. The molecule has 0 aliphatic heterocycles. The number of halogens is 1. The molecule has 0 aromatic heterocycles. The Hall–Kier alpha value is -1.96. The first-order chi connectivity index (χ1) is 36.6. The molecule has 0 spiro atoms. The van der Waals surface area contributed by atoms with Gasteiger partial charge in [0, 0.05) is 3.57 Å². The second kappa shape index (κ2) is 53.1. The molecule has 0 N–H and O–H groups in total. The molecule has 0 amide bonds. The smallest absolute Gasteiger partial charge is 0.338 e. The Bertz CT molecular complexity index is 1430. The zero-order valence-corrected chi connectivity index (χ0v) is 51.3. The van der Waals surface area contributed by atoms with Crippen LogP contribution in [0.1, 0.15) is 345 Å². The summed E-state index contributed by atoms with van der Waals surface area (Å²) in [6, 6.07) is 11.6. The van der Waals surface area contributed by atoms with Gasteiger partial charge in [0.15, 0.2) is 11.5 Å². The minimum absolute atomic E-state index is 0.148. The standard InChI is InChI=1S/C68H119IO5/c1-4-7-10-13-16-19-22-25-28-31-34-37-40-43-46-49-56-71-65-59-62(61-74-68(70)63-52-54-64(69)55-53-63)60-66(72-57-50-47-44-41-38-35-32-29-26-23-20-17-14-11-8-5-2)67(65)73-58-51-48-45-42-39-36-33-30-27-24-21-18-15-12-9-6-3/h52-55,59-60H,4-51,56-58,61H2,1-3H3. The Morgan fingerprint density at radius 1 is 0.338 bits per heavy atom.